The first-order valence-electron chi connectivity index (χ1n) is 5.03. The quantitative estimate of drug-likeness (QED) is 0.691. The van der Waals surface area contributed by atoms with Crippen molar-refractivity contribution in [3.05, 3.63) is 49.0 Å². The highest BCUT2D eigenvalue weighted by Crippen LogP contribution is 2.04. The van der Waals surface area contributed by atoms with Crippen molar-refractivity contribution in [2.24, 2.45) is 0 Å². The summed E-state index contributed by atoms with van der Waals surface area (Å²) in [7, 11) is 0. The second kappa shape index (κ2) is 5.24. The normalized spacial score (nSPS) is 10.4. The molecule has 15 heavy (non-hydrogen) atoms. The Balaban J connectivity index is 1.68. The highest BCUT2D eigenvalue weighted by Gasteiger charge is 1.95. The van der Waals surface area contributed by atoms with Crippen molar-refractivity contribution in [3.8, 4) is 0 Å². The Morgan fingerprint density at radius 1 is 1.33 bits per heavy atom. The van der Waals surface area contributed by atoms with Gasteiger partial charge in [-0.15, -0.1) is 5.10 Å². The first-order valence-corrected chi connectivity index (χ1v) is 5.03. The van der Waals surface area contributed by atoms with Crippen molar-refractivity contribution in [3.63, 3.8) is 0 Å². The van der Waals surface area contributed by atoms with Gasteiger partial charge in [0, 0.05) is 18.6 Å². The Morgan fingerprint density at radius 3 is 3.07 bits per heavy atom. The molecule has 0 N–H and O–H groups in total. The summed E-state index contributed by atoms with van der Waals surface area (Å²) < 4.78 is 1.74. The van der Waals surface area contributed by atoms with E-state index in [-0.39, 0.29) is 0 Å². The molecule has 0 atom stereocenters. The zero-order chi connectivity index (χ0) is 10.3. The van der Waals surface area contributed by atoms with Gasteiger partial charge >= 0.3 is 0 Å². The third-order valence-electron chi connectivity index (χ3n) is 2.15. The number of aromatic nitrogens is 4. The molecule has 0 saturated heterocycles. The molecule has 0 aliphatic heterocycles. The molecule has 4 heteroatoms. The predicted molar refractivity (Wildman–Crippen MR) is 56.9 cm³/mol. The van der Waals surface area contributed by atoms with Crippen molar-refractivity contribution >= 4 is 0 Å². The van der Waals surface area contributed by atoms with Crippen LogP contribution in [0.1, 0.15) is 18.4 Å². The molecule has 0 aromatic carbocycles. The lowest BCUT2D eigenvalue weighted by Crippen LogP contribution is -1.96. The molecule has 0 bridgehead atoms. The third-order valence-corrected chi connectivity index (χ3v) is 2.15. The van der Waals surface area contributed by atoms with Gasteiger partial charge in [0.25, 0.3) is 0 Å². The van der Waals surface area contributed by atoms with Gasteiger partial charge in [0.15, 0.2) is 0 Å². The average molecular weight is 201 g/mol. The molecule has 0 amide bonds. The van der Waals surface area contributed by atoms with E-state index in [0.29, 0.717) is 0 Å². The minimum atomic E-state index is 0.998. The highest BCUT2D eigenvalue weighted by atomic mass is 15.4. The van der Waals surface area contributed by atoms with Crippen LogP contribution >= 0.6 is 0 Å². The van der Waals surface area contributed by atoms with Crippen molar-refractivity contribution in [2.45, 2.75) is 19.3 Å². The second-order valence-electron chi connectivity index (χ2n) is 3.32. The van der Waals surface area contributed by atoms with Crippen LogP contribution in [0.4, 0.5) is 0 Å². The summed E-state index contributed by atoms with van der Waals surface area (Å²) in [5, 5.41) is 7.59. The van der Waals surface area contributed by atoms with Gasteiger partial charge in [-0.2, -0.15) is 0 Å². The van der Waals surface area contributed by atoms with Gasteiger partial charge in [0.2, 0.25) is 0 Å². The Morgan fingerprint density at radius 2 is 2.33 bits per heavy atom. The monoisotopic (exact) mass is 201 g/mol. The van der Waals surface area contributed by atoms with Crippen LogP contribution in [0, 0.1) is 6.54 Å². The molecule has 2 aromatic rings. The largest absolute Gasteiger partial charge is 0.264 e. The van der Waals surface area contributed by atoms with E-state index in [1.807, 2.05) is 25.0 Å². The van der Waals surface area contributed by atoms with Gasteiger partial charge in [-0.25, -0.2) is 4.68 Å². The number of nitrogens with zero attached hydrogens (tertiary/aromatic N) is 4. The van der Waals surface area contributed by atoms with E-state index in [4.69, 9.17) is 0 Å². The summed E-state index contributed by atoms with van der Waals surface area (Å²) >= 11 is 0. The van der Waals surface area contributed by atoms with E-state index in [9.17, 15) is 0 Å². The first kappa shape index (κ1) is 9.83. The standard InChI is InChI=1S/C11H13N4/c1(2-8-15-9-7-13-14-15)4-11-5-3-6-12-10-11/h3,5-10H,1-2,4H2. The van der Waals surface area contributed by atoms with E-state index in [0.717, 1.165) is 19.3 Å². The lowest BCUT2D eigenvalue weighted by atomic mass is 10.1. The van der Waals surface area contributed by atoms with Crippen molar-refractivity contribution < 1.29 is 0 Å². The van der Waals surface area contributed by atoms with Gasteiger partial charge < -0.3 is 0 Å². The van der Waals surface area contributed by atoms with Gasteiger partial charge in [-0.1, -0.05) is 11.3 Å². The summed E-state index contributed by atoms with van der Waals surface area (Å²) in [4.78, 5) is 4.08. The molecule has 1 radical (unpaired) electrons. The Labute approximate surface area is 89.0 Å². The van der Waals surface area contributed by atoms with Crippen LogP contribution in [-0.4, -0.2) is 20.0 Å². The number of hydrogen-bond donors (Lipinski definition) is 0. The van der Waals surface area contributed by atoms with Crippen molar-refractivity contribution in [1.29, 1.82) is 0 Å². The van der Waals surface area contributed by atoms with Crippen LogP contribution in [0.2, 0.25) is 0 Å². The van der Waals surface area contributed by atoms with Crippen LogP contribution in [0.25, 0.3) is 0 Å². The van der Waals surface area contributed by atoms with E-state index in [2.05, 4.69) is 21.4 Å². The van der Waals surface area contributed by atoms with E-state index < -0.39 is 0 Å². The highest BCUT2D eigenvalue weighted by molar-refractivity contribution is 5.08. The van der Waals surface area contributed by atoms with Crippen LogP contribution in [0.3, 0.4) is 0 Å². The molecule has 2 heterocycles. The molecule has 0 saturated carbocycles. The maximum atomic E-state index is 4.08. The summed E-state index contributed by atoms with van der Waals surface area (Å²) in [6.45, 7) is 2.03. The van der Waals surface area contributed by atoms with Gasteiger partial charge in [0.05, 0.1) is 12.7 Å². The van der Waals surface area contributed by atoms with Crippen LogP contribution in [0.15, 0.2) is 36.9 Å². The van der Waals surface area contributed by atoms with Crippen LogP contribution in [-0.2, 0) is 6.42 Å². The number of aryl methyl sites for hydroxylation is 1. The molecule has 4 nitrogen and oxygen atoms in total. The lowest BCUT2D eigenvalue weighted by Gasteiger charge is -2.00. The molecule has 2 rings (SSSR count). The molecule has 0 aliphatic carbocycles. The summed E-state index contributed by atoms with van der Waals surface area (Å²) in [5.41, 5.74) is 1.28. The smallest absolute Gasteiger partial charge is 0.0761 e. The molecular weight excluding hydrogens is 188 g/mol. The number of pyridine rings is 1. The topological polar surface area (TPSA) is 43.6 Å². The van der Waals surface area contributed by atoms with Crippen molar-refractivity contribution in [2.75, 3.05) is 0 Å². The molecule has 0 aliphatic rings. The van der Waals surface area contributed by atoms with E-state index in [1.165, 1.54) is 5.56 Å². The fraction of sp³-hybridized carbons (Fsp3) is 0.273. The maximum absolute atomic E-state index is 4.08. The zero-order valence-corrected chi connectivity index (χ0v) is 8.45. The molecule has 0 fully saturated rings. The van der Waals surface area contributed by atoms with Gasteiger partial charge in [-0.05, 0) is 30.9 Å². The fourth-order valence-corrected chi connectivity index (χ4v) is 1.39. The summed E-state index contributed by atoms with van der Waals surface area (Å²) in [6.07, 6.45) is 10.4. The minimum Gasteiger partial charge on any atom is -0.264 e. The predicted octanol–water partition coefficient (Wildman–Crippen LogP) is 1.71. The number of hydrogen-bond acceptors (Lipinski definition) is 3. The summed E-state index contributed by atoms with van der Waals surface area (Å²) in [6, 6.07) is 4.07. The lowest BCUT2D eigenvalue weighted by molar-refractivity contribution is 0.672. The van der Waals surface area contributed by atoms with Gasteiger partial charge in [-0.3, -0.25) is 4.98 Å². The van der Waals surface area contributed by atoms with Crippen LogP contribution in [0.5, 0.6) is 0 Å². The molecule has 0 unspecified atom stereocenters. The summed E-state index contributed by atoms with van der Waals surface area (Å²) in [5.74, 6) is 0. The van der Waals surface area contributed by atoms with Crippen molar-refractivity contribution in [1.82, 2.24) is 20.0 Å². The number of unbranched alkanes of at least 4 members (excludes halogenated alkanes) is 1. The molecular formula is C11H13N4. The Hall–Kier alpha value is -1.71. The van der Waals surface area contributed by atoms with E-state index in [1.54, 1.807) is 17.1 Å². The average Bonchev–Trinajstić information content (AvgIpc) is 2.79. The third kappa shape index (κ3) is 3.16. The minimum absolute atomic E-state index is 0.998. The maximum Gasteiger partial charge on any atom is 0.0761 e. The zero-order valence-electron chi connectivity index (χ0n) is 8.45. The second-order valence-corrected chi connectivity index (χ2v) is 3.32. The first-order chi connectivity index (χ1) is 7.45. The fourth-order valence-electron chi connectivity index (χ4n) is 1.39. The Kier molecular flexibility index (Phi) is 3.43. The van der Waals surface area contributed by atoms with E-state index >= 15 is 0 Å². The Bertz CT molecular complexity index is 369. The molecule has 0 spiro atoms. The van der Waals surface area contributed by atoms with Gasteiger partial charge in [0.1, 0.15) is 0 Å². The SMILES string of the molecule is [CH](CCCc1cccnc1)n1ccnn1. The number of rotatable bonds is 5. The molecule has 77 valence electrons. The molecule has 2 aromatic heterocycles. The van der Waals surface area contributed by atoms with Crippen LogP contribution < -0.4 is 0 Å².